The minimum Gasteiger partial charge on any atom is -0.357 e. The number of nitrogens with one attached hydrogen (secondary N) is 2. The van der Waals surface area contributed by atoms with Gasteiger partial charge in [-0.1, -0.05) is 25.7 Å². The summed E-state index contributed by atoms with van der Waals surface area (Å²) in [6, 6.07) is 0. The van der Waals surface area contributed by atoms with Crippen LogP contribution in [0.4, 0.5) is 0 Å². The monoisotopic (exact) mass is 320 g/mol. The van der Waals surface area contributed by atoms with Crippen molar-refractivity contribution in [2.45, 2.75) is 58.3 Å². The van der Waals surface area contributed by atoms with E-state index in [9.17, 15) is 4.79 Å². The fourth-order valence-corrected chi connectivity index (χ4v) is 4.51. The van der Waals surface area contributed by atoms with Gasteiger partial charge in [0, 0.05) is 44.6 Å². The number of hydrogen-bond donors (Lipinski definition) is 2. The molecule has 23 heavy (non-hydrogen) atoms. The highest BCUT2D eigenvalue weighted by atomic mass is 16.1. The zero-order valence-corrected chi connectivity index (χ0v) is 14.6. The van der Waals surface area contributed by atoms with Gasteiger partial charge in [-0.05, 0) is 32.1 Å². The summed E-state index contributed by atoms with van der Waals surface area (Å²) in [5.41, 5.74) is 0.136. The Labute approximate surface area is 140 Å². The van der Waals surface area contributed by atoms with Gasteiger partial charge in [-0.3, -0.25) is 9.79 Å². The Bertz CT molecular complexity index is 444. The summed E-state index contributed by atoms with van der Waals surface area (Å²) in [5, 5.41) is 6.49. The van der Waals surface area contributed by atoms with Gasteiger partial charge in [0.25, 0.3) is 0 Å². The standard InChI is InChI=1S/C18H32N4O/c1-2-19-17(20-10-8-15-6-3-4-7-15)22-11-5-9-18(14-22)12-16(23)21-13-18/h15H,2-14H2,1H3,(H,19,20)(H,21,23). The Morgan fingerprint density at radius 1 is 1.39 bits per heavy atom. The molecule has 0 aromatic rings. The number of aliphatic imine (C=N–C) groups is 1. The lowest BCUT2D eigenvalue weighted by Crippen LogP contribution is -2.51. The zero-order chi connectivity index (χ0) is 16.1. The fourth-order valence-electron chi connectivity index (χ4n) is 4.51. The van der Waals surface area contributed by atoms with Crippen LogP contribution in [0, 0.1) is 11.3 Å². The van der Waals surface area contributed by atoms with E-state index < -0.39 is 0 Å². The lowest BCUT2D eigenvalue weighted by atomic mass is 9.79. The first kappa shape index (κ1) is 16.6. The normalized spacial score (nSPS) is 29.3. The summed E-state index contributed by atoms with van der Waals surface area (Å²) in [4.78, 5) is 19.0. The van der Waals surface area contributed by atoms with Crippen LogP contribution in [0.25, 0.3) is 0 Å². The average Bonchev–Trinajstić information content (AvgIpc) is 3.17. The maximum absolute atomic E-state index is 11.7. The second kappa shape index (κ2) is 7.54. The van der Waals surface area contributed by atoms with E-state index in [0.29, 0.717) is 6.42 Å². The molecule has 2 heterocycles. The molecule has 0 bridgehead atoms. The SMILES string of the molecule is CCNC(=NCCC1CCCC1)N1CCCC2(CNC(=O)C2)C1. The van der Waals surface area contributed by atoms with E-state index in [1.807, 2.05) is 0 Å². The summed E-state index contributed by atoms with van der Waals surface area (Å²) in [5.74, 6) is 2.17. The van der Waals surface area contributed by atoms with Crippen molar-refractivity contribution in [2.24, 2.45) is 16.3 Å². The van der Waals surface area contributed by atoms with Crippen LogP contribution in [0.2, 0.25) is 0 Å². The smallest absolute Gasteiger partial charge is 0.220 e. The highest BCUT2D eigenvalue weighted by molar-refractivity contribution is 5.81. The molecule has 5 nitrogen and oxygen atoms in total. The van der Waals surface area contributed by atoms with Crippen LogP contribution in [0.3, 0.4) is 0 Å². The Hall–Kier alpha value is -1.26. The van der Waals surface area contributed by atoms with E-state index in [2.05, 4.69) is 22.5 Å². The quantitative estimate of drug-likeness (QED) is 0.616. The third-order valence-electron chi connectivity index (χ3n) is 5.77. The Kier molecular flexibility index (Phi) is 5.44. The first-order valence-electron chi connectivity index (χ1n) is 9.51. The number of nitrogens with zero attached hydrogens (tertiary/aromatic N) is 2. The molecule has 0 aromatic heterocycles. The van der Waals surface area contributed by atoms with Crippen molar-refractivity contribution < 1.29 is 4.79 Å². The predicted octanol–water partition coefficient (Wildman–Crippen LogP) is 2.13. The van der Waals surface area contributed by atoms with Crippen LogP contribution in [0.5, 0.6) is 0 Å². The summed E-state index contributed by atoms with van der Waals surface area (Å²) in [6.07, 6.45) is 9.83. The number of likely N-dealkylation sites (tertiary alicyclic amines) is 1. The van der Waals surface area contributed by atoms with Gasteiger partial charge in [0.05, 0.1) is 0 Å². The largest absolute Gasteiger partial charge is 0.357 e. The van der Waals surface area contributed by atoms with Crippen molar-refractivity contribution in [3.8, 4) is 0 Å². The molecule has 1 aliphatic carbocycles. The molecule has 130 valence electrons. The van der Waals surface area contributed by atoms with Crippen LogP contribution in [0.1, 0.15) is 58.3 Å². The van der Waals surface area contributed by atoms with E-state index in [1.165, 1.54) is 32.1 Å². The second-order valence-corrected chi connectivity index (χ2v) is 7.65. The third kappa shape index (κ3) is 4.18. The summed E-state index contributed by atoms with van der Waals surface area (Å²) in [6.45, 7) is 6.83. The summed E-state index contributed by atoms with van der Waals surface area (Å²) < 4.78 is 0. The molecule has 1 saturated carbocycles. The first-order valence-corrected chi connectivity index (χ1v) is 9.51. The van der Waals surface area contributed by atoms with E-state index >= 15 is 0 Å². The maximum atomic E-state index is 11.7. The Balaban J connectivity index is 1.58. The molecule has 2 aliphatic heterocycles. The maximum Gasteiger partial charge on any atom is 0.220 e. The van der Waals surface area contributed by atoms with E-state index in [-0.39, 0.29) is 11.3 Å². The molecule has 1 amide bonds. The number of guanidine groups is 1. The van der Waals surface area contributed by atoms with Gasteiger partial charge in [-0.15, -0.1) is 0 Å². The zero-order valence-electron chi connectivity index (χ0n) is 14.6. The van der Waals surface area contributed by atoms with Crippen molar-refractivity contribution in [1.82, 2.24) is 15.5 Å². The lowest BCUT2D eigenvalue weighted by molar-refractivity contribution is -0.119. The number of amides is 1. The van der Waals surface area contributed by atoms with Gasteiger partial charge in [-0.2, -0.15) is 0 Å². The number of carbonyl (C=O) groups excluding carboxylic acids is 1. The van der Waals surface area contributed by atoms with Crippen LogP contribution < -0.4 is 10.6 Å². The van der Waals surface area contributed by atoms with E-state index in [1.54, 1.807) is 0 Å². The van der Waals surface area contributed by atoms with E-state index in [0.717, 1.165) is 57.4 Å². The molecule has 0 radical (unpaired) electrons. The van der Waals surface area contributed by atoms with Crippen molar-refractivity contribution >= 4 is 11.9 Å². The number of hydrogen-bond acceptors (Lipinski definition) is 2. The topological polar surface area (TPSA) is 56.7 Å². The van der Waals surface area contributed by atoms with Crippen molar-refractivity contribution in [3.05, 3.63) is 0 Å². The fraction of sp³-hybridized carbons (Fsp3) is 0.889. The second-order valence-electron chi connectivity index (χ2n) is 7.65. The van der Waals surface area contributed by atoms with Gasteiger partial charge < -0.3 is 15.5 Å². The average molecular weight is 320 g/mol. The minimum absolute atomic E-state index is 0.136. The van der Waals surface area contributed by atoms with Gasteiger partial charge in [0.1, 0.15) is 0 Å². The molecule has 3 rings (SSSR count). The van der Waals surface area contributed by atoms with Crippen molar-refractivity contribution in [2.75, 3.05) is 32.7 Å². The van der Waals surface area contributed by atoms with Crippen LogP contribution in [-0.4, -0.2) is 49.5 Å². The highest BCUT2D eigenvalue weighted by Crippen LogP contribution is 2.36. The minimum atomic E-state index is 0.136. The molecule has 5 heteroatoms. The molecule has 1 atom stereocenters. The molecule has 0 aromatic carbocycles. The Morgan fingerprint density at radius 2 is 2.22 bits per heavy atom. The number of carbonyl (C=O) groups is 1. The molecule has 1 spiro atoms. The number of piperidine rings is 1. The molecule has 2 saturated heterocycles. The number of rotatable bonds is 4. The highest BCUT2D eigenvalue weighted by Gasteiger charge is 2.42. The van der Waals surface area contributed by atoms with Gasteiger partial charge in [0.2, 0.25) is 5.91 Å². The molecular formula is C18H32N4O. The molecule has 3 aliphatic rings. The van der Waals surface area contributed by atoms with Crippen LogP contribution >= 0.6 is 0 Å². The summed E-state index contributed by atoms with van der Waals surface area (Å²) in [7, 11) is 0. The summed E-state index contributed by atoms with van der Waals surface area (Å²) >= 11 is 0. The van der Waals surface area contributed by atoms with Crippen molar-refractivity contribution in [3.63, 3.8) is 0 Å². The van der Waals surface area contributed by atoms with Crippen LogP contribution in [0.15, 0.2) is 4.99 Å². The van der Waals surface area contributed by atoms with Crippen molar-refractivity contribution in [1.29, 1.82) is 0 Å². The van der Waals surface area contributed by atoms with Gasteiger partial charge in [0.15, 0.2) is 5.96 Å². The molecule has 2 N–H and O–H groups in total. The molecule has 1 unspecified atom stereocenters. The Morgan fingerprint density at radius 3 is 2.91 bits per heavy atom. The lowest BCUT2D eigenvalue weighted by Gasteiger charge is -2.40. The first-order chi connectivity index (χ1) is 11.2. The van der Waals surface area contributed by atoms with E-state index in [4.69, 9.17) is 4.99 Å². The van der Waals surface area contributed by atoms with Gasteiger partial charge >= 0.3 is 0 Å². The van der Waals surface area contributed by atoms with Crippen LogP contribution in [-0.2, 0) is 4.79 Å². The van der Waals surface area contributed by atoms with Gasteiger partial charge in [-0.25, -0.2) is 0 Å². The predicted molar refractivity (Wildman–Crippen MR) is 93.4 cm³/mol. The third-order valence-corrected chi connectivity index (χ3v) is 5.77. The molecular weight excluding hydrogens is 288 g/mol. The molecule has 3 fully saturated rings.